The van der Waals surface area contributed by atoms with Crippen molar-refractivity contribution in [3.63, 3.8) is 0 Å². The van der Waals surface area contributed by atoms with Gasteiger partial charge in [-0.2, -0.15) is 0 Å². The monoisotopic (exact) mass is 443 g/mol. The maximum Gasteiger partial charge on any atom is 0.272 e. The molecule has 0 aliphatic carbocycles. The fraction of sp³-hybridized carbons (Fsp3) is 0.545. The molecule has 0 saturated carbocycles. The van der Waals surface area contributed by atoms with Gasteiger partial charge in [0.05, 0.1) is 11.9 Å². The van der Waals surface area contributed by atoms with Crippen LogP contribution in [0.15, 0.2) is 35.5 Å². The Balaban J connectivity index is 1.54. The van der Waals surface area contributed by atoms with Crippen LogP contribution < -0.4 is 4.90 Å². The van der Waals surface area contributed by atoms with E-state index in [4.69, 9.17) is 4.98 Å². The maximum absolute atomic E-state index is 12.7. The number of amides is 1. The number of rotatable bonds is 4. The molecule has 166 valence electrons. The van der Waals surface area contributed by atoms with Crippen molar-refractivity contribution in [2.24, 2.45) is 5.92 Å². The molecular formula is C22H29N5O3S. The van der Waals surface area contributed by atoms with Crippen molar-refractivity contribution in [3.05, 3.63) is 42.0 Å². The molecule has 2 aromatic rings. The Kier molecular flexibility index (Phi) is 6.22. The summed E-state index contributed by atoms with van der Waals surface area (Å²) in [6.07, 6.45) is 7.78. The van der Waals surface area contributed by atoms with Crippen LogP contribution in [-0.4, -0.2) is 66.6 Å². The van der Waals surface area contributed by atoms with E-state index in [9.17, 15) is 13.2 Å². The fourth-order valence-electron chi connectivity index (χ4n) is 4.32. The molecular weight excluding hydrogens is 414 g/mol. The number of pyridine rings is 1. The van der Waals surface area contributed by atoms with Crippen LogP contribution in [0, 0.1) is 5.92 Å². The lowest BCUT2D eigenvalue weighted by molar-refractivity contribution is 0.0705. The topological polar surface area (TPSA) is 96.4 Å². The fourth-order valence-corrected chi connectivity index (χ4v) is 5.16. The highest BCUT2D eigenvalue weighted by atomic mass is 32.2. The van der Waals surface area contributed by atoms with Crippen molar-refractivity contribution >= 4 is 21.7 Å². The summed E-state index contributed by atoms with van der Waals surface area (Å²) < 4.78 is 24.8. The molecule has 0 bridgehead atoms. The third-order valence-corrected chi connectivity index (χ3v) is 7.40. The second kappa shape index (κ2) is 8.90. The van der Waals surface area contributed by atoms with Crippen molar-refractivity contribution in [1.29, 1.82) is 0 Å². The molecule has 2 saturated heterocycles. The van der Waals surface area contributed by atoms with Crippen molar-refractivity contribution in [2.45, 2.75) is 43.4 Å². The van der Waals surface area contributed by atoms with Crippen LogP contribution in [0.3, 0.4) is 0 Å². The third-order valence-electron chi connectivity index (χ3n) is 6.29. The van der Waals surface area contributed by atoms with E-state index in [1.807, 2.05) is 0 Å². The average Bonchev–Trinajstić information content (AvgIpc) is 2.79. The Morgan fingerprint density at radius 3 is 2.35 bits per heavy atom. The van der Waals surface area contributed by atoms with Crippen LogP contribution in [0.25, 0.3) is 0 Å². The average molecular weight is 444 g/mol. The number of anilines is 1. The number of carbonyl (C=O) groups excluding carboxylic acids is 1. The molecule has 9 heteroatoms. The van der Waals surface area contributed by atoms with Gasteiger partial charge in [0.15, 0.2) is 9.84 Å². The number of hydrogen-bond donors (Lipinski definition) is 0. The van der Waals surface area contributed by atoms with Crippen molar-refractivity contribution in [3.8, 4) is 0 Å². The molecule has 8 nitrogen and oxygen atoms in total. The molecule has 2 aromatic heterocycles. The van der Waals surface area contributed by atoms with E-state index < -0.39 is 9.84 Å². The first-order chi connectivity index (χ1) is 14.8. The molecule has 4 heterocycles. The van der Waals surface area contributed by atoms with Gasteiger partial charge in [0.2, 0.25) is 5.95 Å². The van der Waals surface area contributed by atoms with Crippen LogP contribution >= 0.6 is 0 Å². The highest BCUT2D eigenvalue weighted by molar-refractivity contribution is 7.90. The zero-order valence-electron chi connectivity index (χ0n) is 18.1. The lowest BCUT2D eigenvalue weighted by atomic mass is 9.93. The summed E-state index contributed by atoms with van der Waals surface area (Å²) in [5, 5.41) is 0. The Labute approximate surface area is 183 Å². The van der Waals surface area contributed by atoms with Gasteiger partial charge < -0.3 is 9.80 Å². The van der Waals surface area contributed by atoms with Crippen LogP contribution in [0.5, 0.6) is 0 Å². The smallest absolute Gasteiger partial charge is 0.272 e. The van der Waals surface area contributed by atoms with Gasteiger partial charge >= 0.3 is 0 Å². The number of carbonyl (C=O) groups is 1. The number of likely N-dealkylation sites (tertiary alicyclic amines) is 1. The lowest BCUT2D eigenvalue weighted by Crippen LogP contribution is -2.39. The Bertz CT molecular complexity index is 1030. The molecule has 2 aliphatic rings. The van der Waals surface area contributed by atoms with Crippen LogP contribution in [0.2, 0.25) is 0 Å². The molecule has 1 amide bonds. The molecule has 4 rings (SSSR count). The van der Waals surface area contributed by atoms with E-state index in [1.54, 1.807) is 29.3 Å². The van der Waals surface area contributed by atoms with Gasteiger partial charge in [-0.05, 0) is 43.7 Å². The third kappa shape index (κ3) is 4.87. The summed E-state index contributed by atoms with van der Waals surface area (Å²) in [4.78, 5) is 30.1. The number of hydrogen-bond acceptors (Lipinski definition) is 7. The minimum atomic E-state index is -3.45. The van der Waals surface area contributed by atoms with Crippen molar-refractivity contribution < 1.29 is 13.2 Å². The number of nitrogens with zero attached hydrogens (tertiary/aromatic N) is 5. The summed E-state index contributed by atoms with van der Waals surface area (Å²) in [7, 11) is -3.45. The van der Waals surface area contributed by atoms with E-state index in [2.05, 4.69) is 21.8 Å². The van der Waals surface area contributed by atoms with E-state index >= 15 is 0 Å². The number of sulfone groups is 1. The maximum atomic E-state index is 12.7. The highest BCUT2D eigenvalue weighted by Gasteiger charge is 2.30. The predicted molar refractivity (Wildman–Crippen MR) is 118 cm³/mol. The predicted octanol–water partition coefficient (Wildman–Crippen LogP) is 2.53. The normalized spacial score (nSPS) is 18.9. The first-order valence-corrected chi connectivity index (χ1v) is 12.7. The van der Waals surface area contributed by atoms with E-state index in [1.165, 1.54) is 12.5 Å². The van der Waals surface area contributed by atoms with Crippen molar-refractivity contribution in [2.75, 3.05) is 37.3 Å². The molecule has 0 aromatic carbocycles. The molecule has 0 atom stereocenters. The number of aromatic nitrogens is 3. The first kappa shape index (κ1) is 21.7. The molecule has 31 heavy (non-hydrogen) atoms. The van der Waals surface area contributed by atoms with Crippen LogP contribution in [0.1, 0.15) is 54.7 Å². The quantitative estimate of drug-likeness (QED) is 0.716. The van der Waals surface area contributed by atoms with E-state index in [-0.39, 0.29) is 16.7 Å². The van der Waals surface area contributed by atoms with Crippen LogP contribution in [-0.2, 0) is 9.84 Å². The highest BCUT2D eigenvalue weighted by Crippen LogP contribution is 2.33. The lowest BCUT2D eigenvalue weighted by Gasteiger charge is -2.33. The zero-order chi connectivity index (χ0) is 22.0. The SMILES string of the molecule is CC1CCN(c2ncc(S(C)(=O)=O)c(C3CCN(C(=O)c4ccccn4)CC3)n2)CC1. The second-order valence-electron chi connectivity index (χ2n) is 8.64. The van der Waals surface area contributed by atoms with Gasteiger partial charge in [-0.3, -0.25) is 9.78 Å². The second-order valence-corrected chi connectivity index (χ2v) is 10.6. The first-order valence-electron chi connectivity index (χ1n) is 10.8. The largest absolute Gasteiger partial charge is 0.341 e. The molecule has 2 fully saturated rings. The van der Waals surface area contributed by atoms with Gasteiger partial charge in [0, 0.05) is 44.5 Å². The minimum Gasteiger partial charge on any atom is -0.341 e. The molecule has 0 spiro atoms. The molecule has 0 unspecified atom stereocenters. The zero-order valence-corrected chi connectivity index (χ0v) is 18.9. The van der Waals surface area contributed by atoms with Gasteiger partial charge in [-0.25, -0.2) is 18.4 Å². The van der Waals surface area contributed by atoms with Gasteiger partial charge in [0.25, 0.3) is 5.91 Å². The molecule has 0 radical (unpaired) electrons. The van der Waals surface area contributed by atoms with Crippen LogP contribution in [0.4, 0.5) is 5.95 Å². The molecule has 2 aliphatic heterocycles. The van der Waals surface area contributed by atoms with Gasteiger partial charge in [-0.1, -0.05) is 13.0 Å². The number of piperidine rings is 2. The van der Waals surface area contributed by atoms with Gasteiger partial charge in [-0.15, -0.1) is 0 Å². The standard InChI is InChI=1S/C22H29N5O3S/c1-16-6-11-27(12-7-16)22-24-15-19(31(2,29)30)20(25-22)17-8-13-26(14-9-17)21(28)18-5-3-4-10-23-18/h3-5,10,15-17H,6-9,11-14H2,1-2H3. The van der Waals surface area contributed by atoms with Crippen molar-refractivity contribution in [1.82, 2.24) is 19.9 Å². The van der Waals surface area contributed by atoms with E-state index in [0.29, 0.717) is 49.2 Å². The summed E-state index contributed by atoms with van der Waals surface area (Å²) >= 11 is 0. The molecule has 0 N–H and O–H groups in total. The summed E-state index contributed by atoms with van der Waals surface area (Å²) in [5.74, 6) is 1.18. The minimum absolute atomic E-state index is 0.0250. The van der Waals surface area contributed by atoms with E-state index in [0.717, 1.165) is 25.9 Å². The van der Waals surface area contributed by atoms with Gasteiger partial charge in [0.1, 0.15) is 10.6 Å². The summed E-state index contributed by atoms with van der Waals surface area (Å²) in [6, 6.07) is 5.30. The summed E-state index contributed by atoms with van der Waals surface area (Å²) in [6.45, 7) is 5.11. The summed E-state index contributed by atoms with van der Waals surface area (Å²) in [5.41, 5.74) is 1.03. The Hall–Kier alpha value is -2.55. The Morgan fingerprint density at radius 1 is 1.03 bits per heavy atom. The Morgan fingerprint density at radius 2 is 1.74 bits per heavy atom.